The summed E-state index contributed by atoms with van der Waals surface area (Å²) < 4.78 is 1.22. The highest BCUT2D eigenvalue weighted by atomic mass is 127. The first-order valence-electron chi connectivity index (χ1n) is 7.17. The van der Waals surface area contributed by atoms with Gasteiger partial charge in [0, 0.05) is 33.4 Å². The lowest BCUT2D eigenvalue weighted by atomic mass is 10.1. The van der Waals surface area contributed by atoms with Gasteiger partial charge in [-0.05, 0) is 66.9 Å². The average molecular weight is 383 g/mol. The monoisotopic (exact) mass is 383 g/mol. The maximum absolute atomic E-state index is 4.45. The lowest BCUT2D eigenvalue weighted by Crippen LogP contribution is -2.34. The molecule has 1 heterocycles. The zero-order valence-electron chi connectivity index (χ0n) is 12.4. The van der Waals surface area contributed by atoms with Crippen molar-refractivity contribution in [2.75, 3.05) is 25.0 Å². The molecule has 1 aromatic heterocycles. The number of pyridine rings is 1. The Kier molecular flexibility index (Phi) is 5.60. The van der Waals surface area contributed by atoms with Crippen molar-refractivity contribution in [2.24, 2.45) is 0 Å². The second-order valence-electron chi connectivity index (χ2n) is 5.05. The molecule has 0 aliphatic rings. The van der Waals surface area contributed by atoms with Crippen molar-refractivity contribution in [2.45, 2.75) is 26.8 Å². The van der Waals surface area contributed by atoms with Gasteiger partial charge in [0.25, 0.3) is 0 Å². The largest absolute Gasteiger partial charge is 0.381 e. The molecule has 20 heavy (non-hydrogen) atoms. The first-order chi connectivity index (χ1) is 9.63. The van der Waals surface area contributed by atoms with Crippen molar-refractivity contribution in [3.63, 3.8) is 0 Å². The fraction of sp³-hybridized carbons (Fsp3) is 0.438. The normalized spacial score (nSPS) is 12.8. The van der Waals surface area contributed by atoms with Gasteiger partial charge in [-0.3, -0.25) is 4.98 Å². The molecule has 0 aliphatic heterocycles. The van der Waals surface area contributed by atoms with E-state index in [0.29, 0.717) is 6.04 Å². The molecule has 0 aliphatic carbocycles. The van der Waals surface area contributed by atoms with Crippen LogP contribution in [0.2, 0.25) is 0 Å². The van der Waals surface area contributed by atoms with Crippen molar-refractivity contribution in [3.8, 4) is 0 Å². The van der Waals surface area contributed by atoms with Crippen LogP contribution in [0.3, 0.4) is 0 Å². The summed E-state index contributed by atoms with van der Waals surface area (Å²) in [7, 11) is 0. The number of aromatic nitrogens is 1. The number of halogens is 1. The molecule has 0 saturated heterocycles. The summed E-state index contributed by atoms with van der Waals surface area (Å²) in [5.74, 6) is 0. The molecule has 0 unspecified atom stereocenters. The van der Waals surface area contributed by atoms with Gasteiger partial charge in [0.1, 0.15) is 0 Å². The van der Waals surface area contributed by atoms with Crippen LogP contribution in [0.25, 0.3) is 10.9 Å². The van der Waals surface area contributed by atoms with E-state index in [4.69, 9.17) is 0 Å². The highest BCUT2D eigenvalue weighted by Crippen LogP contribution is 2.23. The first kappa shape index (κ1) is 15.5. The molecule has 3 nitrogen and oxygen atoms in total. The van der Waals surface area contributed by atoms with Crippen LogP contribution in [-0.2, 0) is 0 Å². The second-order valence-corrected chi connectivity index (χ2v) is 6.30. The smallest absolute Gasteiger partial charge is 0.0733 e. The van der Waals surface area contributed by atoms with Gasteiger partial charge < -0.3 is 10.2 Å². The number of rotatable bonds is 6. The van der Waals surface area contributed by atoms with Gasteiger partial charge >= 0.3 is 0 Å². The predicted molar refractivity (Wildman–Crippen MR) is 95.3 cm³/mol. The second kappa shape index (κ2) is 7.22. The van der Waals surface area contributed by atoms with E-state index in [1.54, 1.807) is 0 Å². The molecule has 0 spiro atoms. The summed E-state index contributed by atoms with van der Waals surface area (Å²) in [6.07, 6.45) is 1.88. The fourth-order valence-electron chi connectivity index (χ4n) is 2.43. The molecule has 0 fully saturated rings. The van der Waals surface area contributed by atoms with Crippen molar-refractivity contribution in [1.29, 1.82) is 0 Å². The Balaban J connectivity index is 2.17. The van der Waals surface area contributed by atoms with Crippen LogP contribution in [0.4, 0.5) is 5.69 Å². The van der Waals surface area contributed by atoms with Gasteiger partial charge in [0.05, 0.1) is 5.52 Å². The highest BCUT2D eigenvalue weighted by molar-refractivity contribution is 14.1. The molecular weight excluding hydrogens is 361 g/mol. The number of hydrogen-bond donors (Lipinski definition) is 1. The van der Waals surface area contributed by atoms with Crippen molar-refractivity contribution in [3.05, 3.63) is 34.0 Å². The zero-order chi connectivity index (χ0) is 14.5. The SMILES string of the molecule is CCN(CC)C[C@H](C)Nc1ccnc2cc(I)ccc12. The van der Waals surface area contributed by atoms with Crippen LogP contribution in [0.5, 0.6) is 0 Å². The molecule has 108 valence electrons. The first-order valence-corrected chi connectivity index (χ1v) is 8.25. The minimum absolute atomic E-state index is 0.416. The average Bonchev–Trinajstić information content (AvgIpc) is 2.44. The van der Waals surface area contributed by atoms with Crippen LogP contribution in [0, 0.1) is 3.57 Å². The third-order valence-electron chi connectivity index (χ3n) is 3.53. The summed E-state index contributed by atoms with van der Waals surface area (Å²) in [6.45, 7) is 9.90. The Bertz CT molecular complexity index is 567. The third-order valence-corrected chi connectivity index (χ3v) is 4.20. The van der Waals surface area contributed by atoms with E-state index in [1.807, 2.05) is 6.20 Å². The van der Waals surface area contributed by atoms with E-state index < -0.39 is 0 Å². The fourth-order valence-corrected chi connectivity index (χ4v) is 2.90. The minimum atomic E-state index is 0.416. The number of likely N-dealkylation sites (N-methyl/N-ethyl adjacent to an activating group) is 1. The van der Waals surface area contributed by atoms with Gasteiger partial charge in [-0.25, -0.2) is 0 Å². The lowest BCUT2D eigenvalue weighted by molar-refractivity contribution is 0.295. The third kappa shape index (κ3) is 3.82. The molecule has 4 heteroatoms. The van der Waals surface area contributed by atoms with Crippen LogP contribution >= 0.6 is 22.6 Å². The maximum atomic E-state index is 4.45. The Morgan fingerprint density at radius 2 is 2.00 bits per heavy atom. The topological polar surface area (TPSA) is 28.2 Å². The summed E-state index contributed by atoms with van der Waals surface area (Å²) in [6, 6.07) is 8.88. The Morgan fingerprint density at radius 3 is 2.70 bits per heavy atom. The van der Waals surface area contributed by atoms with Crippen LogP contribution in [0.1, 0.15) is 20.8 Å². The molecule has 0 amide bonds. The predicted octanol–water partition coefficient (Wildman–Crippen LogP) is 3.98. The van der Waals surface area contributed by atoms with Crippen LogP contribution < -0.4 is 5.32 Å². The molecule has 1 aromatic carbocycles. The van der Waals surface area contributed by atoms with E-state index >= 15 is 0 Å². The summed E-state index contributed by atoms with van der Waals surface area (Å²) in [5, 5.41) is 4.81. The number of nitrogens with one attached hydrogen (secondary N) is 1. The molecule has 2 aromatic rings. The molecular formula is C16H22IN3. The Morgan fingerprint density at radius 1 is 1.25 bits per heavy atom. The number of benzene rings is 1. The number of anilines is 1. The summed E-state index contributed by atoms with van der Waals surface area (Å²) in [5.41, 5.74) is 2.22. The van der Waals surface area contributed by atoms with Crippen molar-refractivity contribution >= 4 is 39.2 Å². The molecule has 0 bridgehead atoms. The standard InChI is InChI=1S/C16H22IN3/c1-4-20(5-2)11-12(3)19-15-8-9-18-16-10-13(17)6-7-14(15)16/h6-10,12H,4-5,11H2,1-3H3,(H,18,19)/t12-/m0/s1. The number of nitrogens with zero attached hydrogens (tertiary/aromatic N) is 2. The lowest BCUT2D eigenvalue weighted by Gasteiger charge is -2.24. The number of fused-ring (bicyclic) bond motifs is 1. The maximum Gasteiger partial charge on any atom is 0.0733 e. The molecule has 0 saturated carbocycles. The van der Waals surface area contributed by atoms with E-state index in [9.17, 15) is 0 Å². The summed E-state index contributed by atoms with van der Waals surface area (Å²) >= 11 is 2.32. The van der Waals surface area contributed by atoms with Crippen LogP contribution in [-0.4, -0.2) is 35.6 Å². The van der Waals surface area contributed by atoms with Crippen molar-refractivity contribution in [1.82, 2.24) is 9.88 Å². The van der Waals surface area contributed by atoms with E-state index in [0.717, 1.165) is 25.2 Å². The van der Waals surface area contributed by atoms with Crippen LogP contribution in [0.15, 0.2) is 30.5 Å². The van der Waals surface area contributed by atoms with E-state index in [1.165, 1.54) is 14.6 Å². The van der Waals surface area contributed by atoms with Gasteiger partial charge in [-0.15, -0.1) is 0 Å². The van der Waals surface area contributed by atoms with Gasteiger partial charge in [0.15, 0.2) is 0 Å². The van der Waals surface area contributed by atoms with Gasteiger partial charge in [-0.2, -0.15) is 0 Å². The minimum Gasteiger partial charge on any atom is -0.381 e. The molecule has 2 rings (SSSR count). The van der Waals surface area contributed by atoms with Gasteiger partial charge in [0.2, 0.25) is 0 Å². The van der Waals surface area contributed by atoms with Gasteiger partial charge in [-0.1, -0.05) is 13.8 Å². The Labute approximate surface area is 134 Å². The number of hydrogen-bond acceptors (Lipinski definition) is 3. The Hall–Kier alpha value is -0.880. The molecule has 1 atom stereocenters. The quantitative estimate of drug-likeness (QED) is 0.765. The summed E-state index contributed by atoms with van der Waals surface area (Å²) in [4.78, 5) is 6.88. The zero-order valence-corrected chi connectivity index (χ0v) is 14.5. The molecule has 0 radical (unpaired) electrons. The van der Waals surface area contributed by atoms with E-state index in [2.05, 4.69) is 82.8 Å². The highest BCUT2D eigenvalue weighted by Gasteiger charge is 2.09. The van der Waals surface area contributed by atoms with E-state index in [-0.39, 0.29) is 0 Å². The van der Waals surface area contributed by atoms with Crippen molar-refractivity contribution < 1.29 is 0 Å². The molecule has 1 N–H and O–H groups in total.